The van der Waals surface area contributed by atoms with Gasteiger partial charge in [-0.1, -0.05) is 31.5 Å². The first-order chi connectivity index (χ1) is 9.47. The van der Waals surface area contributed by atoms with E-state index in [1.807, 2.05) is 25.1 Å². The van der Waals surface area contributed by atoms with Crippen molar-refractivity contribution in [2.24, 2.45) is 5.92 Å². The highest BCUT2D eigenvalue weighted by molar-refractivity contribution is 6.35. The summed E-state index contributed by atoms with van der Waals surface area (Å²) in [5.74, 6) is 1.24. The molecule has 0 N–H and O–H groups in total. The van der Waals surface area contributed by atoms with Crippen molar-refractivity contribution >= 4 is 34.2 Å². The third-order valence-electron chi connectivity index (χ3n) is 3.49. The second kappa shape index (κ2) is 6.33. The fourth-order valence-corrected chi connectivity index (χ4v) is 2.83. The maximum atomic E-state index is 6.31. The van der Waals surface area contributed by atoms with Crippen molar-refractivity contribution in [2.45, 2.75) is 32.2 Å². The van der Waals surface area contributed by atoms with Crippen LogP contribution in [-0.4, -0.2) is 23.3 Å². The molecule has 0 aliphatic rings. The lowest BCUT2D eigenvalue weighted by atomic mass is 10.0. The number of halogens is 2. The fraction of sp³-hybridized carbons (Fsp3) is 0.533. The van der Waals surface area contributed by atoms with Crippen LogP contribution in [0.15, 0.2) is 18.2 Å². The maximum Gasteiger partial charge on any atom is 0.128 e. The molecule has 110 valence electrons. The van der Waals surface area contributed by atoms with Crippen LogP contribution in [0.25, 0.3) is 11.0 Å². The quantitative estimate of drug-likeness (QED) is 0.739. The molecule has 0 bridgehead atoms. The predicted molar refractivity (Wildman–Crippen MR) is 84.8 cm³/mol. The molecule has 1 heterocycles. The van der Waals surface area contributed by atoms with Crippen LogP contribution in [0.4, 0.5) is 0 Å². The smallest absolute Gasteiger partial charge is 0.128 e. The third-order valence-corrected chi connectivity index (χ3v) is 3.99. The van der Waals surface area contributed by atoms with Crippen LogP contribution in [0.3, 0.4) is 0 Å². The number of para-hydroxylation sites is 1. The zero-order valence-corrected chi connectivity index (χ0v) is 13.7. The van der Waals surface area contributed by atoms with Gasteiger partial charge in [0.1, 0.15) is 11.3 Å². The van der Waals surface area contributed by atoms with Gasteiger partial charge in [0.05, 0.1) is 28.6 Å². The molecule has 20 heavy (non-hydrogen) atoms. The topological polar surface area (TPSA) is 27.1 Å². The Morgan fingerprint density at radius 3 is 2.55 bits per heavy atom. The van der Waals surface area contributed by atoms with Crippen molar-refractivity contribution in [1.82, 2.24) is 9.55 Å². The lowest BCUT2D eigenvalue weighted by Crippen LogP contribution is -2.22. The van der Waals surface area contributed by atoms with Crippen molar-refractivity contribution in [1.29, 1.82) is 0 Å². The van der Waals surface area contributed by atoms with Crippen LogP contribution in [-0.2, 0) is 4.74 Å². The van der Waals surface area contributed by atoms with Gasteiger partial charge < -0.3 is 9.30 Å². The van der Waals surface area contributed by atoms with Gasteiger partial charge >= 0.3 is 0 Å². The molecular weight excluding hydrogens is 295 g/mol. The normalized spacial score (nSPS) is 14.9. The Labute approximate surface area is 129 Å². The summed E-state index contributed by atoms with van der Waals surface area (Å²) in [6, 6.07) is 6.00. The average Bonchev–Trinajstić information content (AvgIpc) is 2.76. The minimum Gasteiger partial charge on any atom is -0.383 e. The molecule has 0 amide bonds. The molecule has 0 fully saturated rings. The van der Waals surface area contributed by atoms with E-state index >= 15 is 0 Å². The highest BCUT2D eigenvalue weighted by atomic mass is 35.5. The number of methoxy groups -OCH3 is 1. The number of rotatable bonds is 5. The highest BCUT2D eigenvalue weighted by Gasteiger charge is 2.24. The SMILES string of the molecule is COCC(C(C)C)n1c(C(C)Cl)nc2c(Cl)cccc21. The number of ether oxygens (including phenoxy) is 1. The first kappa shape index (κ1) is 15.6. The zero-order valence-electron chi connectivity index (χ0n) is 12.2. The predicted octanol–water partition coefficient (Wildman–Crippen LogP) is 4.83. The van der Waals surface area contributed by atoms with Crippen LogP contribution in [0.2, 0.25) is 5.02 Å². The lowest BCUT2D eigenvalue weighted by molar-refractivity contribution is 0.133. The summed E-state index contributed by atoms with van der Waals surface area (Å²) < 4.78 is 7.55. The van der Waals surface area contributed by atoms with E-state index < -0.39 is 0 Å². The Hall–Kier alpha value is -0.770. The summed E-state index contributed by atoms with van der Waals surface area (Å²) in [5, 5.41) is 0.469. The summed E-state index contributed by atoms with van der Waals surface area (Å²) in [4.78, 5) is 4.64. The first-order valence-corrected chi connectivity index (χ1v) is 7.58. The fourth-order valence-electron chi connectivity index (χ4n) is 2.47. The molecule has 0 aliphatic heterocycles. The van der Waals surface area contributed by atoms with Crippen molar-refractivity contribution in [3.8, 4) is 0 Å². The molecule has 0 spiro atoms. The van der Waals surface area contributed by atoms with Crippen molar-refractivity contribution in [2.75, 3.05) is 13.7 Å². The van der Waals surface area contributed by atoms with E-state index in [0.29, 0.717) is 17.5 Å². The molecule has 0 radical (unpaired) electrons. The average molecular weight is 315 g/mol. The molecule has 2 aromatic rings. The van der Waals surface area contributed by atoms with Crippen LogP contribution in [0.5, 0.6) is 0 Å². The number of imidazole rings is 1. The molecule has 0 aliphatic carbocycles. The van der Waals surface area contributed by atoms with E-state index in [1.54, 1.807) is 7.11 Å². The van der Waals surface area contributed by atoms with Crippen LogP contribution in [0.1, 0.15) is 38.0 Å². The molecule has 5 heteroatoms. The molecule has 2 rings (SSSR count). The van der Waals surface area contributed by atoms with E-state index in [0.717, 1.165) is 16.9 Å². The van der Waals surface area contributed by atoms with Gasteiger partial charge in [-0.05, 0) is 25.0 Å². The second-order valence-electron chi connectivity index (χ2n) is 5.33. The Kier molecular flexibility index (Phi) is 4.95. The van der Waals surface area contributed by atoms with Gasteiger partial charge in [0.2, 0.25) is 0 Å². The van der Waals surface area contributed by atoms with Gasteiger partial charge in [-0.25, -0.2) is 4.98 Å². The summed E-state index contributed by atoms with van der Waals surface area (Å²) in [6.45, 7) is 6.88. The molecule has 0 saturated carbocycles. The molecule has 1 aromatic heterocycles. The second-order valence-corrected chi connectivity index (χ2v) is 6.39. The van der Waals surface area contributed by atoms with E-state index in [4.69, 9.17) is 27.9 Å². The van der Waals surface area contributed by atoms with Crippen molar-refractivity contribution in [3.63, 3.8) is 0 Å². The first-order valence-electron chi connectivity index (χ1n) is 6.76. The standard InChI is InChI=1S/C15H20Cl2N2O/c1-9(2)13(8-20-4)19-12-7-5-6-11(17)14(12)18-15(19)10(3)16/h5-7,9-10,13H,8H2,1-4H3. The Bertz CT molecular complexity index is 593. The van der Waals surface area contributed by atoms with E-state index in [9.17, 15) is 0 Å². The van der Waals surface area contributed by atoms with Gasteiger partial charge in [-0.2, -0.15) is 0 Å². The highest BCUT2D eigenvalue weighted by Crippen LogP contribution is 2.33. The maximum absolute atomic E-state index is 6.31. The summed E-state index contributed by atoms with van der Waals surface area (Å²) in [7, 11) is 1.71. The summed E-state index contributed by atoms with van der Waals surface area (Å²) in [5.41, 5.74) is 1.81. The molecule has 3 nitrogen and oxygen atoms in total. The molecule has 1 aromatic carbocycles. The molecular formula is C15H20Cl2N2O. The van der Waals surface area contributed by atoms with Gasteiger partial charge in [0, 0.05) is 7.11 Å². The van der Waals surface area contributed by atoms with Gasteiger partial charge in [-0.15, -0.1) is 11.6 Å². The van der Waals surface area contributed by atoms with Gasteiger partial charge in [0.25, 0.3) is 0 Å². The monoisotopic (exact) mass is 314 g/mol. The number of aromatic nitrogens is 2. The Morgan fingerprint density at radius 2 is 2.00 bits per heavy atom. The van der Waals surface area contributed by atoms with Crippen LogP contribution in [0, 0.1) is 5.92 Å². The lowest BCUT2D eigenvalue weighted by Gasteiger charge is -2.25. The minimum atomic E-state index is -0.184. The summed E-state index contributed by atoms with van der Waals surface area (Å²) in [6.07, 6.45) is 0. The number of benzene rings is 1. The number of hydrogen-bond acceptors (Lipinski definition) is 2. The van der Waals surface area contributed by atoms with Crippen molar-refractivity contribution in [3.05, 3.63) is 29.0 Å². The Morgan fingerprint density at radius 1 is 1.30 bits per heavy atom. The van der Waals surface area contributed by atoms with Crippen LogP contribution < -0.4 is 0 Å². The largest absolute Gasteiger partial charge is 0.383 e. The minimum absolute atomic E-state index is 0.180. The van der Waals surface area contributed by atoms with E-state index in [-0.39, 0.29) is 11.4 Å². The van der Waals surface area contributed by atoms with Crippen molar-refractivity contribution < 1.29 is 4.74 Å². The number of hydrogen-bond donors (Lipinski definition) is 0. The van der Waals surface area contributed by atoms with Crippen LogP contribution >= 0.6 is 23.2 Å². The number of alkyl halides is 1. The zero-order chi connectivity index (χ0) is 14.9. The van der Waals surface area contributed by atoms with Gasteiger partial charge in [0.15, 0.2) is 0 Å². The Balaban J connectivity index is 2.70. The van der Waals surface area contributed by atoms with Gasteiger partial charge in [-0.3, -0.25) is 0 Å². The molecule has 2 unspecified atom stereocenters. The molecule has 0 saturated heterocycles. The third kappa shape index (κ3) is 2.80. The molecule has 2 atom stereocenters. The number of fused-ring (bicyclic) bond motifs is 1. The summed E-state index contributed by atoms with van der Waals surface area (Å²) >= 11 is 12.6. The van der Waals surface area contributed by atoms with E-state index in [1.165, 1.54) is 0 Å². The van der Waals surface area contributed by atoms with E-state index in [2.05, 4.69) is 23.4 Å². The number of nitrogens with zero attached hydrogens (tertiary/aromatic N) is 2.